The molecule has 0 aliphatic heterocycles. The highest BCUT2D eigenvalue weighted by molar-refractivity contribution is 7.99. The molecule has 0 aliphatic rings. The van der Waals surface area contributed by atoms with E-state index in [-0.39, 0.29) is 22.6 Å². The molecular weight excluding hydrogens is 318 g/mol. The summed E-state index contributed by atoms with van der Waals surface area (Å²) in [4.78, 5) is 22.9. The Bertz CT molecular complexity index is 787. The van der Waals surface area contributed by atoms with Gasteiger partial charge in [-0.15, -0.1) is 0 Å². The molecular formula is C13H13N7O2S. The van der Waals surface area contributed by atoms with Crippen molar-refractivity contribution in [3.05, 3.63) is 52.7 Å². The average Bonchev–Trinajstić information content (AvgIpc) is 2.47. The van der Waals surface area contributed by atoms with Gasteiger partial charge in [-0.05, 0) is 24.3 Å². The standard InChI is InChI=1S/C13H13N7O2S/c14-12(15)19-13(16)18-8-3-1-4-9(7-8)23-11-10(20(21)22)5-2-6-17-11/h1-7H,(H6,14,15,16,18,19). The van der Waals surface area contributed by atoms with Crippen molar-refractivity contribution in [3.63, 3.8) is 0 Å². The van der Waals surface area contributed by atoms with Crippen LogP contribution in [0.2, 0.25) is 0 Å². The lowest BCUT2D eigenvalue weighted by Gasteiger charge is -2.03. The van der Waals surface area contributed by atoms with Gasteiger partial charge in [-0.2, -0.15) is 4.99 Å². The minimum atomic E-state index is -0.478. The number of pyridine rings is 1. The number of benzene rings is 1. The monoisotopic (exact) mass is 331 g/mol. The van der Waals surface area contributed by atoms with Gasteiger partial charge < -0.3 is 17.2 Å². The van der Waals surface area contributed by atoms with Crippen LogP contribution in [0.15, 0.2) is 62.5 Å². The SMILES string of the molecule is NC(N)=NC(N)=Nc1cccc(Sc2ncccc2[N+](=O)[O-])c1. The van der Waals surface area contributed by atoms with Gasteiger partial charge >= 0.3 is 5.69 Å². The Morgan fingerprint density at radius 1 is 1.22 bits per heavy atom. The van der Waals surface area contributed by atoms with E-state index in [1.165, 1.54) is 18.3 Å². The second-order valence-corrected chi connectivity index (χ2v) is 5.25. The molecule has 10 heteroatoms. The van der Waals surface area contributed by atoms with Crippen LogP contribution in [0.25, 0.3) is 0 Å². The zero-order chi connectivity index (χ0) is 16.8. The van der Waals surface area contributed by atoms with Gasteiger partial charge in [0.2, 0.25) is 5.96 Å². The molecule has 1 aromatic heterocycles. The fourth-order valence-electron chi connectivity index (χ4n) is 1.62. The molecule has 0 fully saturated rings. The van der Waals surface area contributed by atoms with Crippen LogP contribution in [0.4, 0.5) is 11.4 Å². The van der Waals surface area contributed by atoms with Crippen LogP contribution in [0.1, 0.15) is 0 Å². The summed E-state index contributed by atoms with van der Waals surface area (Å²) < 4.78 is 0. The van der Waals surface area contributed by atoms with Crippen molar-refractivity contribution in [2.45, 2.75) is 9.92 Å². The summed E-state index contributed by atoms with van der Waals surface area (Å²) in [6.07, 6.45) is 1.49. The summed E-state index contributed by atoms with van der Waals surface area (Å²) in [7, 11) is 0. The Labute approximate surface area is 135 Å². The summed E-state index contributed by atoms with van der Waals surface area (Å²) >= 11 is 1.15. The Morgan fingerprint density at radius 3 is 2.70 bits per heavy atom. The third-order valence-electron chi connectivity index (χ3n) is 2.47. The molecule has 6 N–H and O–H groups in total. The molecule has 0 spiro atoms. The average molecular weight is 331 g/mol. The highest BCUT2D eigenvalue weighted by atomic mass is 32.2. The van der Waals surface area contributed by atoms with E-state index in [0.29, 0.717) is 10.6 Å². The van der Waals surface area contributed by atoms with Crippen LogP contribution < -0.4 is 17.2 Å². The molecule has 0 radical (unpaired) electrons. The first kappa shape index (κ1) is 16.2. The topological polar surface area (TPSA) is 159 Å². The molecule has 1 aromatic carbocycles. The summed E-state index contributed by atoms with van der Waals surface area (Å²) in [5, 5.41) is 11.3. The number of rotatable bonds is 4. The van der Waals surface area contributed by atoms with Gasteiger partial charge in [-0.25, -0.2) is 9.98 Å². The van der Waals surface area contributed by atoms with Crippen LogP contribution in [0.3, 0.4) is 0 Å². The minimum Gasteiger partial charge on any atom is -0.370 e. The first-order valence-corrected chi connectivity index (χ1v) is 7.08. The Hall–Kier alpha value is -3.14. The van der Waals surface area contributed by atoms with Crippen molar-refractivity contribution in [1.29, 1.82) is 0 Å². The van der Waals surface area contributed by atoms with E-state index in [1.54, 1.807) is 24.3 Å². The van der Waals surface area contributed by atoms with Gasteiger partial charge in [0.15, 0.2) is 11.0 Å². The van der Waals surface area contributed by atoms with Crippen molar-refractivity contribution >= 4 is 35.1 Å². The second kappa shape index (κ2) is 7.22. The first-order valence-electron chi connectivity index (χ1n) is 6.27. The maximum atomic E-state index is 11.0. The molecule has 2 rings (SSSR count). The lowest BCUT2D eigenvalue weighted by Crippen LogP contribution is -2.26. The largest absolute Gasteiger partial charge is 0.370 e. The molecule has 23 heavy (non-hydrogen) atoms. The molecule has 0 amide bonds. The maximum absolute atomic E-state index is 11.0. The van der Waals surface area contributed by atoms with Crippen molar-refractivity contribution in [1.82, 2.24) is 4.98 Å². The van der Waals surface area contributed by atoms with Crippen LogP contribution in [0.5, 0.6) is 0 Å². The fourth-order valence-corrected chi connectivity index (χ4v) is 2.53. The smallest absolute Gasteiger partial charge is 0.301 e. The quantitative estimate of drug-likeness (QED) is 0.330. The van der Waals surface area contributed by atoms with E-state index >= 15 is 0 Å². The number of nitro groups is 1. The highest BCUT2D eigenvalue weighted by Crippen LogP contribution is 2.34. The summed E-state index contributed by atoms with van der Waals surface area (Å²) in [5.41, 5.74) is 16.4. The number of nitrogens with zero attached hydrogens (tertiary/aromatic N) is 4. The first-order chi connectivity index (χ1) is 11.0. The van der Waals surface area contributed by atoms with E-state index in [4.69, 9.17) is 17.2 Å². The number of aromatic nitrogens is 1. The molecule has 1 heterocycles. The lowest BCUT2D eigenvalue weighted by atomic mass is 10.3. The number of guanidine groups is 2. The third-order valence-corrected chi connectivity index (χ3v) is 3.46. The van der Waals surface area contributed by atoms with Crippen molar-refractivity contribution in [2.75, 3.05) is 0 Å². The molecule has 9 nitrogen and oxygen atoms in total. The predicted molar refractivity (Wildman–Crippen MR) is 88.5 cm³/mol. The third kappa shape index (κ3) is 4.68. The molecule has 0 saturated heterocycles. The lowest BCUT2D eigenvalue weighted by molar-refractivity contribution is -0.388. The molecule has 0 saturated carbocycles. The molecule has 0 unspecified atom stereocenters. The Kier molecular flexibility index (Phi) is 5.10. The van der Waals surface area contributed by atoms with Crippen molar-refractivity contribution < 1.29 is 4.92 Å². The summed E-state index contributed by atoms with van der Waals surface area (Å²) in [6, 6.07) is 9.81. The maximum Gasteiger partial charge on any atom is 0.301 e. The van der Waals surface area contributed by atoms with E-state index in [2.05, 4.69) is 15.0 Å². The second-order valence-electron chi connectivity index (χ2n) is 4.19. The molecule has 2 aromatic rings. The van der Waals surface area contributed by atoms with Crippen LogP contribution >= 0.6 is 11.8 Å². The minimum absolute atomic E-state index is 0.0635. The molecule has 0 aliphatic carbocycles. The number of nitrogens with two attached hydrogens (primary N) is 3. The van der Waals surface area contributed by atoms with E-state index in [9.17, 15) is 10.1 Å². The summed E-state index contributed by atoms with van der Waals surface area (Å²) in [5.74, 6) is -0.281. The highest BCUT2D eigenvalue weighted by Gasteiger charge is 2.15. The zero-order valence-corrected chi connectivity index (χ0v) is 12.6. The normalized spacial score (nSPS) is 11.0. The van der Waals surface area contributed by atoms with Crippen LogP contribution in [-0.4, -0.2) is 21.8 Å². The molecule has 0 atom stereocenters. The number of hydrogen-bond donors (Lipinski definition) is 3. The fraction of sp³-hybridized carbons (Fsp3) is 0. The predicted octanol–water partition coefficient (Wildman–Crippen LogP) is 1.36. The van der Waals surface area contributed by atoms with Crippen LogP contribution in [0, 0.1) is 10.1 Å². The zero-order valence-electron chi connectivity index (χ0n) is 11.8. The van der Waals surface area contributed by atoms with Gasteiger partial charge in [0.1, 0.15) is 0 Å². The Balaban J connectivity index is 2.28. The van der Waals surface area contributed by atoms with Gasteiger partial charge in [0.25, 0.3) is 0 Å². The van der Waals surface area contributed by atoms with Crippen LogP contribution in [-0.2, 0) is 0 Å². The molecule has 118 valence electrons. The van der Waals surface area contributed by atoms with Gasteiger partial charge in [0, 0.05) is 17.2 Å². The number of hydrogen-bond acceptors (Lipinski definition) is 5. The van der Waals surface area contributed by atoms with E-state index in [0.717, 1.165) is 11.8 Å². The van der Waals surface area contributed by atoms with Crippen molar-refractivity contribution in [2.24, 2.45) is 27.2 Å². The summed E-state index contributed by atoms with van der Waals surface area (Å²) in [6.45, 7) is 0. The number of aliphatic imine (C=N–C) groups is 2. The van der Waals surface area contributed by atoms with E-state index in [1.807, 2.05) is 0 Å². The molecule has 0 bridgehead atoms. The van der Waals surface area contributed by atoms with Crippen molar-refractivity contribution in [3.8, 4) is 0 Å². The van der Waals surface area contributed by atoms with Gasteiger partial charge in [-0.1, -0.05) is 17.8 Å². The van der Waals surface area contributed by atoms with Gasteiger partial charge in [-0.3, -0.25) is 10.1 Å². The van der Waals surface area contributed by atoms with E-state index < -0.39 is 4.92 Å². The Morgan fingerprint density at radius 2 is 2.00 bits per heavy atom. The van der Waals surface area contributed by atoms with Gasteiger partial charge in [0.05, 0.1) is 10.6 Å².